The monoisotopic (exact) mass is 335 g/mol. The molecule has 1 fully saturated rings. The van der Waals surface area contributed by atoms with Crippen LogP contribution in [0.5, 0.6) is 5.75 Å². The highest BCUT2D eigenvalue weighted by Gasteiger charge is 2.30. The first-order valence-corrected chi connectivity index (χ1v) is 7.65. The number of carbonyl (C=O) groups is 1. The molecule has 6 heteroatoms. The lowest BCUT2D eigenvalue weighted by atomic mass is 10.2. The van der Waals surface area contributed by atoms with Crippen molar-refractivity contribution in [2.24, 2.45) is 0 Å². The molecule has 1 aromatic carbocycles. The van der Waals surface area contributed by atoms with Crippen LogP contribution in [0.2, 0.25) is 0 Å². The summed E-state index contributed by atoms with van der Waals surface area (Å²) in [6, 6.07) is 5.38. The standard InChI is InChI=1S/C14H16Cl3NO2/c1-9-8-10(18-13(19)14(15,16)17)6-7-12(9)20-11-4-2-3-5-11/h6-8,11H,2-5H2,1H3,(H,18,19). The van der Waals surface area contributed by atoms with Crippen LogP contribution in [-0.2, 0) is 4.79 Å². The average molecular weight is 337 g/mol. The molecular weight excluding hydrogens is 321 g/mol. The number of alkyl halides is 3. The van der Waals surface area contributed by atoms with Crippen LogP contribution in [0.4, 0.5) is 5.69 Å². The number of benzene rings is 1. The molecule has 0 bridgehead atoms. The van der Waals surface area contributed by atoms with Crippen molar-refractivity contribution in [3.8, 4) is 5.75 Å². The van der Waals surface area contributed by atoms with E-state index in [0.717, 1.165) is 24.2 Å². The van der Waals surface area contributed by atoms with E-state index in [1.807, 2.05) is 13.0 Å². The summed E-state index contributed by atoms with van der Waals surface area (Å²) in [7, 11) is 0. The van der Waals surface area contributed by atoms with Gasteiger partial charge in [0.25, 0.3) is 9.70 Å². The van der Waals surface area contributed by atoms with Crippen LogP contribution in [0.15, 0.2) is 18.2 Å². The minimum absolute atomic E-state index is 0.301. The molecule has 20 heavy (non-hydrogen) atoms. The van der Waals surface area contributed by atoms with Gasteiger partial charge in [0, 0.05) is 5.69 Å². The number of hydrogen-bond donors (Lipinski definition) is 1. The van der Waals surface area contributed by atoms with Crippen molar-refractivity contribution < 1.29 is 9.53 Å². The topological polar surface area (TPSA) is 38.3 Å². The summed E-state index contributed by atoms with van der Waals surface area (Å²) in [5, 5.41) is 2.55. The number of anilines is 1. The second-order valence-corrected chi connectivity index (χ2v) is 7.24. The van der Waals surface area contributed by atoms with Gasteiger partial charge in [-0.1, -0.05) is 34.8 Å². The maximum absolute atomic E-state index is 11.6. The molecule has 110 valence electrons. The third-order valence-electron chi connectivity index (χ3n) is 3.29. The van der Waals surface area contributed by atoms with Gasteiger partial charge in [-0.3, -0.25) is 4.79 Å². The molecule has 0 spiro atoms. The largest absolute Gasteiger partial charge is 0.490 e. The minimum atomic E-state index is -1.97. The Morgan fingerprint density at radius 3 is 2.50 bits per heavy atom. The fourth-order valence-corrected chi connectivity index (χ4v) is 2.39. The molecule has 1 saturated carbocycles. The smallest absolute Gasteiger partial charge is 0.276 e. The molecule has 2 rings (SSSR count). The zero-order chi connectivity index (χ0) is 14.8. The first kappa shape index (κ1) is 15.7. The van der Waals surface area contributed by atoms with E-state index >= 15 is 0 Å². The van der Waals surface area contributed by atoms with Gasteiger partial charge < -0.3 is 10.1 Å². The van der Waals surface area contributed by atoms with Crippen LogP contribution in [-0.4, -0.2) is 15.8 Å². The number of hydrogen-bond acceptors (Lipinski definition) is 2. The van der Waals surface area contributed by atoms with Gasteiger partial charge in [0.1, 0.15) is 5.75 Å². The van der Waals surface area contributed by atoms with Crippen molar-refractivity contribution in [1.29, 1.82) is 0 Å². The van der Waals surface area contributed by atoms with Crippen LogP contribution >= 0.6 is 34.8 Å². The SMILES string of the molecule is Cc1cc(NC(=O)C(Cl)(Cl)Cl)ccc1OC1CCCC1. The van der Waals surface area contributed by atoms with Crippen molar-refractivity contribution in [3.63, 3.8) is 0 Å². The maximum Gasteiger partial charge on any atom is 0.276 e. The van der Waals surface area contributed by atoms with E-state index in [0.29, 0.717) is 11.8 Å². The second-order valence-electron chi connectivity index (χ2n) is 4.96. The molecule has 0 aromatic heterocycles. The van der Waals surface area contributed by atoms with Crippen molar-refractivity contribution >= 4 is 46.4 Å². The van der Waals surface area contributed by atoms with Crippen molar-refractivity contribution in [3.05, 3.63) is 23.8 Å². The Kier molecular flexibility index (Phi) is 5.05. The minimum Gasteiger partial charge on any atom is -0.490 e. The van der Waals surface area contributed by atoms with E-state index < -0.39 is 9.70 Å². The van der Waals surface area contributed by atoms with Crippen molar-refractivity contribution in [2.45, 2.75) is 42.5 Å². The lowest BCUT2D eigenvalue weighted by Crippen LogP contribution is -2.26. The molecule has 1 aromatic rings. The summed E-state index contributed by atoms with van der Waals surface area (Å²) in [6.45, 7) is 1.93. The first-order valence-electron chi connectivity index (χ1n) is 6.52. The number of aryl methyl sites for hydroxylation is 1. The van der Waals surface area contributed by atoms with Gasteiger partial charge in [0.2, 0.25) is 0 Å². The Hall–Kier alpha value is -0.640. The van der Waals surface area contributed by atoms with E-state index in [-0.39, 0.29) is 0 Å². The molecule has 0 unspecified atom stereocenters. The molecule has 0 saturated heterocycles. The Morgan fingerprint density at radius 1 is 1.30 bits per heavy atom. The highest BCUT2D eigenvalue weighted by atomic mass is 35.6. The fraction of sp³-hybridized carbons (Fsp3) is 0.500. The summed E-state index contributed by atoms with van der Waals surface area (Å²) in [5.41, 5.74) is 1.52. The predicted octanol–water partition coefficient (Wildman–Crippen LogP) is 4.63. The normalized spacial score (nSPS) is 16.2. The van der Waals surface area contributed by atoms with Gasteiger partial charge >= 0.3 is 0 Å². The van der Waals surface area contributed by atoms with E-state index in [2.05, 4.69) is 5.32 Å². The molecule has 1 aliphatic rings. The van der Waals surface area contributed by atoms with E-state index in [1.165, 1.54) is 12.8 Å². The zero-order valence-electron chi connectivity index (χ0n) is 11.1. The van der Waals surface area contributed by atoms with Crippen LogP contribution in [0, 0.1) is 6.92 Å². The molecular formula is C14H16Cl3NO2. The van der Waals surface area contributed by atoms with Gasteiger partial charge in [-0.15, -0.1) is 0 Å². The number of amides is 1. The van der Waals surface area contributed by atoms with Gasteiger partial charge in [-0.25, -0.2) is 0 Å². The lowest BCUT2D eigenvalue weighted by molar-refractivity contribution is -0.115. The van der Waals surface area contributed by atoms with Crippen molar-refractivity contribution in [2.75, 3.05) is 5.32 Å². The quantitative estimate of drug-likeness (QED) is 0.818. The Bertz CT molecular complexity index is 494. The molecule has 1 aliphatic carbocycles. The highest BCUT2D eigenvalue weighted by molar-refractivity contribution is 6.76. The predicted molar refractivity (Wildman–Crippen MR) is 83.0 cm³/mol. The number of ether oxygens (including phenoxy) is 1. The molecule has 0 atom stereocenters. The summed E-state index contributed by atoms with van der Waals surface area (Å²) in [6.07, 6.45) is 4.95. The van der Waals surface area contributed by atoms with E-state index in [1.54, 1.807) is 12.1 Å². The van der Waals surface area contributed by atoms with Gasteiger partial charge in [0.05, 0.1) is 6.10 Å². The van der Waals surface area contributed by atoms with Crippen LogP contribution in [0.1, 0.15) is 31.2 Å². The lowest BCUT2D eigenvalue weighted by Gasteiger charge is -2.17. The number of rotatable bonds is 3. The second kappa shape index (κ2) is 6.42. The Labute approximate surface area is 133 Å². The number of halogens is 3. The van der Waals surface area contributed by atoms with E-state index in [4.69, 9.17) is 39.5 Å². The highest BCUT2D eigenvalue weighted by Crippen LogP contribution is 2.30. The molecule has 1 amide bonds. The first-order chi connectivity index (χ1) is 9.36. The molecule has 0 heterocycles. The third kappa shape index (κ3) is 4.18. The Balaban J connectivity index is 2.03. The number of nitrogens with one attached hydrogen (secondary N) is 1. The third-order valence-corrected chi connectivity index (χ3v) is 3.80. The van der Waals surface area contributed by atoms with Gasteiger partial charge in [-0.05, 0) is 56.4 Å². The van der Waals surface area contributed by atoms with Gasteiger partial charge in [-0.2, -0.15) is 0 Å². The summed E-state index contributed by atoms with van der Waals surface area (Å²) < 4.78 is 3.98. The number of carbonyl (C=O) groups excluding carboxylic acids is 1. The average Bonchev–Trinajstić information content (AvgIpc) is 2.84. The molecule has 3 nitrogen and oxygen atoms in total. The van der Waals surface area contributed by atoms with Crippen molar-refractivity contribution in [1.82, 2.24) is 0 Å². The van der Waals surface area contributed by atoms with E-state index in [9.17, 15) is 4.79 Å². The zero-order valence-corrected chi connectivity index (χ0v) is 13.4. The summed E-state index contributed by atoms with van der Waals surface area (Å²) in [5.74, 6) is 0.162. The summed E-state index contributed by atoms with van der Waals surface area (Å²) in [4.78, 5) is 11.6. The molecule has 1 N–H and O–H groups in total. The fourth-order valence-electron chi connectivity index (χ4n) is 2.25. The molecule has 0 radical (unpaired) electrons. The maximum atomic E-state index is 11.6. The van der Waals surface area contributed by atoms with Crippen LogP contribution in [0.3, 0.4) is 0 Å². The summed E-state index contributed by atoms with van der Waals surface area (Å²) >= 11 is 16.5. The van der Waals surface area contributed by atoms with Crippen LogP contribution < -0.4 is 10.1 Å². The Morgan fingerprint density at radius 2 is 1.95 bits per heavy atom. The van der Waals surface area contributed by atoms with Gasteiger partial charge in [0.15, 0.2) is 0 Å². The molecule has 0 aliphatic heterocycles. The van der Waals surface area contributed by atoms with Crippen LogP contribution in [0.25, 0.3) is 0 Å².